The van der Waals surface area contributed by atoms with Crippen LogP contribution in [0, 0.1) is 0 Å². The lowest BCUT2D eigenvalue weighted by molar-refractivity contribution is 0.111. The van der Waals surface area contributed by atoms with Crippen LogP contribution in [0.4, 0.5) is 0 Å². The largest absolute Gasteiger partial charge is 0.298 e. The molecule has 0 aliphatic heterocycles. The van der Waals surface area contributed by atoms with Gasteiger partial charge in [-0.2, -0.15) is 0 Å². The standard InChI is InChI=1S/C26H32O2S3/c1-3-5-7-9-11-21-22(12-10-8-6-4-2)26(24-20(18-28)14-16-30-24)31-25(21)23-19(17-27)13-15-29-23/h13-18H,3-12H2,1-2H3. The van der Waals surface area contributed by atoms with Gasteiger partial charge < -0.3 is 0 Å². The molecule has 3 rings (SSSR count). The number of aldehydes is 2. The van der Waals surface area contributed by atoms with Gasteiger partial charge in [0.2, 0.25) is 0 Å². The normalized spacial score (nSPS) is 11.2. The second kappa shape index (κ2) is 12.5. The molecule has 0 spiro atoms. The summed E-state index contributed by atoms with van der Waals surface area (Å²) in [5.74, 6) is 0. The van der Waals surface area contributed by atoms with Crippen LogP contribution >= 0.6 is 34.0 Å². The SMILES string of the molecule is CCCCCCc1c(-c2sccc2C=O)sc(-c2sccc2C=O)c1CCCCCC. The quantitative estimate of drug-likeness (QED) is 0.173. The van der Waals surface area contributed by atoms with E-state index in [1.165, 1.54) is 72.2 Å². The Labute approximate surface area is 198 Å². The zero-order chi connectivity index (χ0) is 22.1. The van der Waals surface area contributed by atoms with Crippen LogP contribution < -0.4 is 0 Å². The van der Waals surface area contributed by atoms with Gasteiger partial charge in [-0.1, -0.05) is 52.4 Å². The fourth-order valence-corrected chi connectivity index (χ4v) is 7.57. The third-order valence-electron chi connectivity index (χ3n) is 5.73. The summed E-state index contributed by atoms with van der Waals surface area (Å²) in [6, 6.07) is 3.85. The molecule has 2 nitrogen and oxygen atoms in total. The second-order valence-electron chi connectivity index (χ2n) is 7.98. The van der Waals surface area contributed by atoms with E-state index < -0.39 is 0 Å². The van der Waals surface area contributed by atoms with E-state index in [1.807, 2.05) is 22.9 Å². The fourth-order valence-electron chi connectivity index (χ4n) is 4.05. The van der Waals surface area contributed by atoms with Gasteiger partial charge in [0.25, 0.3) is 0 Å². The van der Waals surface area contributed by atoms with Crippen molar-refractivity contribution in [2.24, 2.45) is 0 Å². The molecule has 31 heavy (non-hydrogen) atoms. The van der Waals surface area contributed by atoms with Crippen molar-refractivity contribution in [3.63, 3.8) is 0 Å². The lowest BCUT2D eigenvalue weighted by atomic mass is 9.95. The third-order valence-corrected chi connectivity index (χ3v) is 9.20. The van der Waals surface area contributed by atoms with E-state index in [1.54, 1.807) is 34.0 Å². The molecule has 0 N–H and O–H groups in total. The Morgan fingerprint density at radius 2 is 1.10 bits per heavy atom. The van der Waals surface area contributed by atoms with Crippen molar-refractivity contribution in [3.8, 4) is 19.5 Å². The Bertz CT molecular complexity index is 900. The minimum Gasteiger partial charge on any atom is -0.298 e. The van der Waals surface area contributed by atoms with Gasteiger partial charge in [-0.25, -0.2) is 0 Å². The van der Waals surface area contributed by atoms with Crippen LogP contribution in [0.15, 0.2) is 22.9 Å². The Morgan fingerprint density at radius 1 is 0.645 bits per heavy atom. The Kier molecular flexibility index (Phi) is 9.69. The fraction of sp³-hybridized carbons (Fsp3) is 0.462. The summed E-state index contributed by atoms with van der Waals surface area (Å²) in [6.45, 7) is 4.49. The average Bonchev–Trinajstić information content (AvgIpc) is 3.52. The molecular weight excluding hydrogens is 440 g/mol. The van der Waals surface area contributed by atoms with Gasteiger partial charge in [0, 0.05) is 20.9 Å². The molecule has 0 saturated heterocycles. The highest BCUT2D eigenvalue weighted by Crippen LogP contribution is 2.48. The van der Waals surface area contributed by atoms with Gasteiger partial charge in [0.1, 0.15) is 0 Å². The monoisotopic (exact) mass is 472 g/mol. The smallest absolute Gasteiger partial charge is 0.151 e. The summed E-state index contributed by atoms with van der Waals surface area (Å²) in [4.78, 5) is 28.1. The Balaban J connectivity index is 2.09. The van der Waals surface area contributed by atoms with E-state index in [0.717, 1.165) is 46.3 Å². The Morgan fingerprint density at radius 3 is 1.48 bits per heavy atom. The number of hydrogen-bond acceptors (Lipinski definition) is 5. The molecule has 0 aliphatic carbocycles. The molecule has 5 heteroatoms. The molecule has 0 radical (unpaired) electrons. The van der Waals surface area contributed by atoms with Gasteiger partial charge in [0.05, 0.1) is 9.75 Å². The summed E-state index contributed by atoms with van der Waals surface area (Å²) in [7, 11) is 0. The highest BCUT2D eigenvalue weighted by atomic mass is 32.1. The zero-order valence-corrected chi connectivity index (χ0v) is 21.0. The molecule has 0 saturated carbocycles. The van der Waals surface area contributed by atoms with Gasteiger partial charge >= 0.3 is 0 Å². The minimum atomic E-state index is 0.784. The summed E-state index contributed by atoms with van der Waals surface area (Å²) >= 11 is 5.11. The minimum absolute atomic E-state index is 0.784. The molecule has 3 aromatic rings. The molecule has 0 amide bonds. The molecular formula is C26H32O2S3. The molecule has 0 aromatic carbocycles. The first-order valence-corrected chi connectivity index (χ1v) is 14.0. The average molecular weight is 473 g/mol. The number of hydrogen-bond donors (Lipinski definition) is 0. The van der Waals surface area contributed by atoms with Gasteiger partial charge in [0.15, 0.2) is 12.6 Å². The molecule has 3 heterocycles. The van der Waals surface area contributed by atoms with E-state index in [-0.39, 0.29) is 0 Å². The lowest BCUT2D eigenvalue weighted by Gasteiger charge is -2.10. The maximum atomic E-state index is 11.7. The summed E-state index contributed by atoms with van der Waals surface area (Å²) in [5, 5.41) is 4.03. The van der Waals surface area contributed by atoms with Crippen LogP contribution in [-0.2, 0) is 12.8 Å². The van der Waals surface area contributed by atoms with Crippen molar-refractivity contribution in [3.05, 3.63) is 45.1 Å². The van der Waals surface area contributed by atoms with Gasteiger partial charge in [-0.15, -0.1) is 34.0 Å². The van der Waals surface area contributed by atoms with Gasteiger partial charge in [-0.3, -0.25) is 9.59 Å². The molecule has 0 aliphatic rings. The highest BCUT2D eigenvalue weighted by molar-refractivity contribution is 7.26. The molecule has 0 fully saturated rings. The Hall–Kier alpha value is -1.56. The van der Waals surface area contributed by atoms with Crippen molar-refractivity contribution in [1.29, 1.82) is 0 Å². The first kappa shape index (κ1) is 24.1. The van der Waals surface area contributed by atoms with E-state index in [9.17, 15) is 9.59 Å². The molecule has 0 atom stereocenters. The summed E-state index contributed by atoms with van der Waals surface area (Å²) in [6.07, 6.45) is 13.8. The van der Waals surface area contributed by atoms with Crippen molar-refractivity contribution < 1.29 is 9.59 Å². The number of rotatable bonds is 14. The van der Waals surface area contributed by atoms with E-state index in [4.69, 9.17) is 0 Å². The van der Waals surface area contributed by atoms with Crippen molar-refractivity contribution in [2.75, 3.05) is 0 Å². The molecule has 0 unspecified atom stereocenters. The number of unbranched alkanes of at least 4 members (excludes halogenated alkanes) is 6. The molecule has 0 bridgehead atoms. The predicted octanol–water partition coefficient (Wildman–Crippen LogP) is 9.08. The van der Waals surface area contributed by atoms with Crippen LogP contribution in [0.3, 0.4) is 0 Å². The van der Waals surface area contributed by atoms with Crippen molar-refractivity contribution in [2.45, 2.75) is 78.1 Å². The van der Waals surface area contributed by atoms with E-state index in [2.05, 4.69) is 13.8 Å². The summed E-state index contributed by atoms with van der Waals surface area (Å²) < 4.78 is 0. The maximum Gasteiger partial charge on any atom is 0.151 e. The first-order chi connectivity index (χ1) is 15.2. The topological polar surface area (TPSA) is 34.1 Å². The first-order valence-electron chi connectivity index (χ1n) is 11.5. The third kappa shape index (κ3) is 5.82. The van der Waals surface area contributed by atoms with Crippen LogP contribution in [-0.4, -0.2) is 12.6 Å². The zero-order valence-electron chi connectivity index (χ0n) is 18.6. The number of thiophene rings is 3. The van der Waals surface area contributed by atoms with Crippen LogP contribution in [0.5, 0.6) is 0 Å². The highest BCUT2D eigenvalue weighted by Gasteiger charge is 2.24. The number of carbonyl (C=O) groups excluding carboxylic acids is 2. The van der Waals surface area contributed by atoms with Crippen molar-refractivity contribution in [1.82, 2.24) is 0 Å². The van der Waals surface area contributed by atoms with Crippen LogP contribution in [0.25, 0.3) is 19.5 Å². The maximum absolute atomic E-state index is 11.7. The predicted molar refractivity (Wildman–Crippen MR) is 137 cm³/mol. The number of carbonyl (C=O) groups is 2. The lowest BCUT2D eigenvalue weighted by Crippen LogP contribution is -1.96. The van der Waals surface area contributed by atoms with Crippen LogP contribution in [0.1, 0.15) is 97.1 Å². The van der Waals surface area contributed by atoms with E-state index in [0.29, 0.717) is 0 Å². The second-order valence-corrected chi connectivity index (χ2v) is 10.8. The molecule has 166 valence electrons. The molecule has 3 aromatic heterocycles. The van der Waals surface area contributed by atoms with Crippen molar-refractivity contribution >= 4 is 46.6 Å². The van der Waals surface area contributed by atoms with E-state index >= 15 is 0 Å². The summed E-state index contributed by atoms with van der Waals surface area (Å²) in [5.41, 5.74) is 4.41. The van der Waals surface area contributed by atoms with Crippen LogP contribution in [0.2, 0.25) is 0 Å². The van der Waals surface area contributed by atoms with Gasteiger partial charge in [-0.05, 0) is 59.7 Å².